The fourth-order valence-electron chi connectivity index (χ4n) is 1.21. The van der Waals surface area contributed by atoms with Gasteiger partial charge in [-0.05, 0) is 42.6 Å². The molecule has 0 aromatic heterocycles. The van der Waals surface area contributed by atoms with Crippen LogP contribution >= 0.6 is 15.9 Å². The number of rotatable bonds is 3. The Bertz CT molecular complexity index is 268. The molecule has 0 aliphatic rings. The van der Waals surface area contributed by atoms with Crippen LogP contribution in [-0.4, -0.2) is 6.54 Å². The summed E-state index contributed by atoms with van der Waals surface area (Å²) in [6.07, 6.45) is 0.826. The summed E-state index contributed by atoms with van der Waals surface area (Å²) in [5.41, 5.74) is 6.48. The Kier molecular flexibility index (Phi) is 3.88. The molecule has 0 heterocycles. The first-order chi connectivity index (χ1) is 6.11. The second-order valence-corrected chi connectivity index (χ2v) is 4.24. The zero-order valence-electron chi connectivity index (χ0n) is 7.56. The van der Waals surface area contributed by atoms with Gasteiger partial charge in [0.2, 0.25) is 0 Å². The molecule has 72 valence electrons. The molecular weight excluding hydrogens is 233 g/mol. The lowest BCUT2D eigenvalue weighted by Gasteiger charge is -2.08. The Hall–Kier alpha value is -0.410. The fraction of sp³-hybridized carbons (Fsp3) is 0.400. The van der Waals surface area contributed by atoms with Crippen LogP contribution in [0.2, 0.25) is 0 Å². The van der Waals surface area contributed by atoms with E-state index in [-0.39, 0.29) is 5.82 Å². The molecule has 1 rings (SSSR count). The monoisotopic (exact) mass is 245 g/mol. The van der Waals surface area contributed by atoms with E-state index in [0.717, 1.165) is 16.5 Å². The van der Waals surface area contributed by atoms with Crippen LogP contribution in [0.25, 0.3) is 0 Å². The summed E-state index contributed by atoms with van der Waals surface area (Å²) >= 11 is 3.25. The van der Waals surface area contributed by atoms with Gasteiger partial charge >= 0.3 is 0 Å². The minimum atomic E-state index is -0.200. The van der Waals surface area contributed by atoms with E-state index >= 15 is 0 Å². The molecule has 0 saturated carbocycles. The third-order valence-corrected chi connectivity index (χ3v) is 2.37. The minimum Gasteiger partial charge on any atom is -0.330 e. The highest BCUT2D eigenvalue weighted by atomic mass is 79.9. The van der Waals surface area contributed by atoms with E-state index in [9.17, 15) is 4.39 Å². The Morgan fingerprint density at radius 3 is 2.69 bits per heavy atom. The molecule has 0 spiro atoms. The van der Waals surface area contributed by atoms with Gasteiger partial charge in [-0.3, -0.25) is 0 Å². The molecule has 0 saturated heterocycles. The highest BCUT2D eigenvalue weighted by molar-refractivity contribution is 9.10. The normalized spacial score (nSPS) is 12.9. The third kappa shape index (κ3) is 3.44. The van der Waals surface area contributed by atoms with E-state index in [1.54, 1.807) is 6.07 Å². The maximum Gasteiger partial charge on any atom is 0.124 e. The molecule has 2 N–H and O–H groups in total. The van der Waals surface area contributed by atoms with Crippen LogP contribution in [-0.2, 0) is 6.42 Å². The summed E-state index contributed by atoms with van der Waals surface area (Å²) in [6.45, 7) is 2.69. The second kappa shape index (κ2) is 4.72. The number of hydrogen-bond donors (Lipinski definition) is 1. The van der Waals surface area contributed by atoms with Crippen molar-refractivity contribution in [1.29, 1.82) is 0 Å². The van der Waals surface area contributed by atoms with E-state index in [4.69, 9.17) is 5.73 Å². The predicted octanol–water partition coefficient (Wildman–Crippen LogP) is 2.73. The average Bonchev–Trinajstić information content (AvgIpc) is 2.02. The van der Waals surface area contributed by atoms with Crippen molar-refractivity contribution in [3.63, 3.8) is 0 Å². The molecule has 1 aromatic rings. The molecule has 0 aliphatic heterocycles. The van der Waals surface area contributed by atoms with Crippen LogP contribution in [0.4, 0.5) is 4.39 Å². The minimum absolute atomic E-state index is 0.200. The third-order valence-electron chi connectivity index (χ3n) is 1.91. The van der Waals surface area contributed by atoms with Crippen molar-refractivity contribution in [3.05, 3.63) is 34.1 Å². The van der Waals surface area contributed by atoms with Crippen molar-refractivity contribution in [2.45, 2.75) is 13.3 Å². The first-order valence-corrected chi connectivity index (χ1v) is 5.06. The Morgan fingerprint density at radius 1 is 1.46 bits per heavy atom. The Labute approximate surface area is 86.3 Å². The zero-order valence-corrected chi connectivity index (χ0v) is 9.14. The number of benzene rings is 1. The smallest absolute Gasteiger partial charge is 0.124 e. The van der Waals surface area contributed by atoms with Gasteiger partial charge in [-0.15, -0.1) is 0 Å². The molecule has 0 fully saturated rings. The Balaban J connectivity index is 2.77. The maximum absolute atomic E-state index is 12.9. The molecule has 0 radical (unpaired) electrons. The lowest BCUT2D eigenvalue weighted by atomic mass is 10.0. The molecule has 0 aliphatic carbocycles. The van der Waals surface area contributed by atoms with E-state index in [1.165, 1.54) is 6.07 Å². The van der Waals surface area contributed by atoms with Crippen LogP contribution in [0.3, 0.4) is 0 Å². The first kappa shape index (κ1) is 10.7. The van der Waals surface area contributed by atoms with Gasteiger partial charge in [0.1, 0.15) is 5.82 Å². The highest BCUT2D eigenvalue weighted by Gasteiger charge is 2.03. The molecule has 0 bridgehead atoms. The molecule has 0 amide bonds. The second-order valence-electron chi connectivity index (χ2n) is 3.32. The van der Waals surface area contributed by atoms with E-state index in [0.29, 0.717) is 12.5 Å². The summed E-state index contributed by atoms with van der Waals surface area (Å²) in [5.74, 6) is 0.197. The predicted molar refractivity (Wildman–Crippen MR) is 56.0 cm³/mol. The number of nitrogens with two attached hydrogens (primary N) is 1. The van der Waals surface area contributed by atoms with Crippen LogP contribution in [0.1, 0.15) is 12.5 Å². The zero-order chi connectivity index (χ0) is 9.84. The van der Waals surface area contributed by atoms with E-state index < -0.39 is 0 Å². The van der Waals surface area contributed by atoms with Gasteiger partial charge in [-0.2, -0.15) is 0 Å². The van der Waals surface area contributed by atoms with Gasteiger partial charge in [0.15, 0.2) is 0 Å². The van der Waals surface area contributed by atoms with Crippen molar-refractivity contribution in [2.75, 3.05) is 6.54 Å². The summed E-state index contributed by atoms with van der Waals surface area (Å²) < 4.78 is 13.7. The van der Waals surface area contributed by atoms with Crippen LogP contribution in [0.5, 0.6) is 0 Å². The fourth-order valence-corrected chi connectivity index (χ4v) is 1.73. The van der Waals surface area contributed by atoms with Crippen molar-refractivity contribution in [1.82, 2.24) is 0 Å². The Morgan fingerprint density at radius 2 is 2.15 bits per heavy atom. The summed E-state index contributed by atoms with van der Waals surface area (Å²) in [6, 6.07) is 4.93. The quantitative estimate of drug-likeness (QED) is 0.871. The summed E-state index contributed by atoms with van der Waals surface area (Å²) in [5, 5.41) is 0. The number of halogens is 2. The average molecular weight is 246 g/mol. The van der Waals surface area contributed by atoms with Gasteiger partial charge in [0.05, 0.1) is 0 Å². The lowest BCUT2D eigenvalue weighted by molar-refractivity contribution is 0.583. The number of hydrogen-bond acceptors (Lipinski definition) is 1. The molecule has 1 nitrogen and oxygen atoms in total. The van der Waals surface area contributed by atoms with Crippen molar-refractivity contribution in [3.8, 4) is 0 Å². The van der Waals surface area contributed by atoms with Crippen molar-refractivity contribution < 1.29 is 4.39 Å². The maximum atomic E-state index is 12.9. The molecule has 1 unspecified atom stereocenters. The van der Waals surface area contributed by atoms with Gasteiger partial charge in [-0.25, -0.2) is 4.39 Å². The molecular formula is C10H13BrFN. The topological polar surface area (TPSA) is 26.0 Å². The van der Waals surface area contributed by atoms with E-state index in [2.05, 4.69) is 22.9 Å². The first-order valence-electron chi connectivity index (χ1n) is 4.27. The van der Waals surface area contributed by atoms with Gasteiger partial charge in [0.25, 0.3) is 0 Å². The van der Waals surface area contributed by atoms with Crippen LogP contribution in [0.15, 0.2) is 22.7 Å². The molecule has 1 aromatic carbocycles. The molecule has 1 atom stereocenters. The lowest BCUT2D eigenvalue weighted by Crippen LogP contribution is -2.13. The molecule has 13 heavy (non-hydrogen) atoms. The van der Waals surface area contributed by atoms with Gasteiger partial charge in [-0.1, -0.05) is 22.9 Å². The van der Waals surface area contributed by atoms with Gasteiger partial charge < -0.3 is 5.73 Å². The highest BCUT2D eigenvalue weighted by Crippen LogP contribution is 2.17. The van der Waals surface area contributed by atoms with Crippen molar-refractivity contribution >= 4 is 15.9 Å². The largest absolute Gasteiger partial charge is 0.330 e. The SMILES string of the molecule is CC(CN)Cc1cc(F)cc(Br)c1. The van der Waals surface area contributed by atoms with Crippen LogP contribution in [0, 0.1) is 11.7 Å². The standard InChI is InChI=1S/C10H13BrFN/c1-7(6-13)2-8-3-9(11)5-10(12)4-8/h3-5,7H,2,6,13H2,1H3. The summed E-state index contributed by atoms with van der Waals surface area (Å²) in [7, 11) is 0. The van der Waals surface area contributed by atoms with E-state index in [1.807, 2.05) is 6.07 Å². The molecule has 3 heteroatoms. The van der Waals surface area contributed by atoms with Crippen molar-refractivity contribution in [2.24, 2.45) is 11.7 Å². The summed E-state index contributed by atoms with van der Waals surface area (Å²) in [4.78, 5) is 0. The van der Waals surface area contributed by atoms with Crippen LogP contribution < -0.4 is 5.73 Å². The van der Waals surface area contributed by atoms with Gasteiger partial charge in [0, 0.05) is 4.47 Å².